The Morgan fingerprint density at radius 1 is 0.783 bits per heavy atom. The van der Waals surface area contributed by atoms with Crippen molar-refractivity contribution in [3.05, 3.63) is 0 Å². The summed E-state index contributed by atoms with van der Waals surface area (Å²) in [5, 5.41) is 10.7. The Bertz CT molecular complexity index is 278. The van der Waals surface area contributed by atoms with Crippen molar-refractivity contribution in [2.75, 3.05) is 6.61 Å². The summed E-state index contributed by atoms with van der Waals surface area (Å²) >= 11 is 0. The molecule has 1 N–H and O–H groups in total. The lowest BCUT2D eigenvalue weighted by Crippen LogP contribution is -2.34. The molecule has 0 saturated heterocycles. The van der Waals surface area contributed by atoms with Crippen LogP contribution in [-0.2, 0) is 4.74 Å². The van der Waals surface area contributed by atoms with Crippen LogP contribution in [0, 0.1) is 11.8 Å². The number of aliphatic hydroxyl groups excluding tert-OH is 1. The van der Waals surface area contributed by atoms with Gasteiger partial charge in [-0.2, -0.15) is 0 Å². The van der Waals surface area contributed by atoms with Crippen LogP contribution in [0.15, 0.2) is 0 Å². The van der Waals surface area contributed by atoms with Gasteiger partial charge in [0.15, 0.2) is 0 Å². The van der Waals surface area contributed by atoms with E-state index in [-0.39, 0.29) is 6.10 Å². The third-order valence-corrected chi connectivity index (χ3v) is 6.19. The third-order valence-electron chi connectivity index (χ3n) is 6.19. The maximum absolute atomic E-state index is 10.7. The maximum atomic E-state index is 10.7. The quantitative estimate of drug-likeness (QED) is 0.510. The minimum absolute atomic E-state index is 0.0326. The van der Waals surface area contributed by atoms with E-state index >= 15 is 0 Å². The topological polar surface area (TPSA) is 29.5 Å². The van der Waals surface area contributed by atoms with E-state index in [2.05, 4.69) is 6.92 Å². The van der Waals surface area contributed by atoms with Crippen molar-refractivity contribution in [3.8, 4) is 0 Å². The predicted molar refractivity (Wildman–Crippen MR) is 97.7 cm³/mol. The van der Waals surface area contributed by atoms with Crippen LogP contribution < -0.4 is 0 Å². The zero-order valence-corrected chi connectivity index (χ0v) is 15.5. The minimum Gasteiger partial charge on any atom is -0.393 e. The zero-order valence-electron chi connectivity index (χ0n) is 15.5. The highest BCUT2D eigenvalue weighted by Gasteiger charge is 2.32. The van der Waals surface area contributed by atoms with Crippen LogP contribution in [-0.4, -0.2) is 23.9 Å². The van der Waals surface area contributed by atoms with Gasteiger partial charge in [0.1, 0.15) is 0 Å². The van der Waals surface area contributed by atoms with Gasteiger partial charge in [-0.05, 0) is 56.8 Å². The fourth-order valence-electron chi connectivity index (χ4n) is 4.59. The molecule has 2 aliphatic rings. The minimum atomic E-state index is -0.0326. The molecule has 2 fully saturated rings. The van der Waals surface area contributed by atoms with Crippen molar-refractivity contribution in [3.63, 3.8) is 0 Å². The molecule has 2 nitrogen and oxygen atoms in total. The lowest BCUT2D eigenvalue weighted by atomic mass is 9.75. The van der Waals surface area contributed by atoms with Gasteiger partial charge >= 0.3 is 0 Å². The first-order valence-corrected chi connectivity index (χ1v) is 10.6. The Hall–Kier alpha value is -0.0800. The van der Waals surface area contributed by atoms with Crippen molar-refractivity contribution in [1.82, 2.24) is 0 Å². The second-order valence-electron chi connectivity index (χ2n) is 8.06. The molecule has 2 saturated carbocycles. The summed E-state index contributed by atoms with van der Waals surface area (Å²) in [5.74, 6) is 1.14. The van der Waals surface area contributed by atoms with Gasteiger partial charge in [0.2, 0.25) is 0 Å². The highest BCUT2D eigenvalue weighted by Crippen LogP contribution is 2.36. The van der Waals surface area contributed by atoms with Crippen molar-refractivity contribution < 1.29 is 9.84 Å². The van der Waals surface area contributed by atoms with E-state index in [1.165, 1.54) is 96.3 Å². The van der Waals surface area contributed by atoms with Crippen LogP contribution in [0.3, 0.4) is 0 Å². The number of ether oxygens (including phenoxy) is 1. The Morgan fingerprint density at radius 2 is 1.39 bits per heavy atom. The molecule has 1 unspecified atom stereocenters. The summed E-state index contributed by atoms with van der Waals surface area (Å²) in [6.45, 7) is 3.22. The van der Waals surface area contributed by atoms with Gasteiger partial charge in [0, 0.05) is 6.61 Å². The summed E-state index contributed by atoms with van der Waals surface area (Å²) in [6.07, 6.45) is 19.7. The van der Waals surface area contributed by atoms with Crippen LogP contribution in [0.25, 0.3) is 0 Å². The molecule has 0 aromatic carbocycles. The Labute approximate surface area is 144 Å². The van der Waals surface area contributed by atoms with E-state index in [0.29, 0.717) is 17.9 Å². The highest BCUT2D eigenvalue weighted by molar-refractivity contribution is 4.83. The van der Waals surface area contributed by atoms with Crippen molar-refractivity contribution in [2.24, 2.45) is 11.8 Å². The number of rotatable bonds is 10. The van der Waals surface area contributed by atoms with Crippen molar-refractivity contribution >= 4 is 0 Å². The average molecular weight is 325 g/mol. The first-order chi connectivity index (χ1) is 11.3. The van der Waals surface area contributed by atoms with Crippen LogP contribution in [0.5, 0.6) is 0 Å². The molecule has 0 spiro atoms. The van der Waals surface area contributed by atoms with E-state index < -0.39 is 0 Å². The zero-order chi connectivity index (χ0) is 16.3. The normalized spacial score (nSPS) is 27.9. The van der Waals surface area contributed by atoms with Gasteiger partial charge in [0.05, 0.1) is 12.2 Å². The predicted octanol–water partition coefficient (Wildman–Crippen LogP) is 5.86. The number of hydrogen-bond acceptors (Lipinski definition) is 2. The molecular formula is C21H40O2. The molecule has 0 aliphatic heterocycles. The van der Waals surface area contributed by atoms with Crippen LogP contribution in [0.4, 0.5) is 0 Å². The van der Waals surface area contributed by atoms with Gasteiger partial charge in [-0.25, -0.2) is 0 Å². The van der Waals surface area contributed by atoms with E-state index in [0.717, 1.165) is 6.61 Å². The summed E-state index contributed by atoms with van der Waals surface area (Å²) in [4.78, 5) is 0. The fraction of sp³-hybridized carbons (Fsp3) is 1.00. The molecule has 1 atom stereocenters. The number of unbranched alkanes of at least 4 members (excludes halogenated alkanes) is 5. The molecule has 0 aromatic heterocycles. The summed E-state index contributed by atoms with van der Waals surface area (Å²) in [5.41, 5.74) is 0. The number of aliphatic hydroxyl groups is 1. The van der Waals surface area contributed by atoms with Crippen LogP contribution in [0.2, 0.25) is 0 Å². The fourth-order valence-corrected chi connectivity index (χ4v) is 4.59. The molecule has 23 heavy (non-hydrogen) atoms. The molecule has 0 bridgehead atoms. The van der Waals surface area contributed by atoms with Crippen molar-refractivity contribution in [2.45, 2.75) is 115 Å². The third kappa shape index (κ3) is 7.13. The molecule has 136 valence electrons. The summed E-state index contributed by atoms with van der Waals surface area (Å²) < 4.78 is 6.08. The average Bonchev–Trinajstić information content (AvgIpc) is 2.61. The van der Waals surface area contributed by atoms with E-state index in [9.17, 15) is 5.11 Å². The lowest BCUT2D eigenvalue weighted by molar-refractivity contribution is -0.0265. The van der Waals surface area contributed by atoms with Gasteiger partial charge in [0.25, 0.3) is 0 Å². The van der Waals surface area contributed by atoms with E-state index in [1.807, 2.05) is 0 Å². The SMILES string of the molecule is CCCCCCCCOC1CCC(C(O)C2CCCCC2)CC1. The lowest BCUT2D eigenvalue weighted by Gasteiger charge is -2.36. The van der Waals surface area contributed by atoms with E-state index in [1.54, 1.807) is 0 Å². The second kappa shape index (κ2) is 11.5. The molecule has 2 rings (SSSR count). The van der Waals surface area contributed by atoms with Crippen LogP contribution >= 0.6 is 0 Å². The maximum Gasteiger partial charge on any atom is 0.0596 e. The Morgan fingerprint density at radius 3 is 2.09 bits per heavy atom. The molecule has 2 aliphatic carbocycles. The van der Waals surface area contributed by atoms with Gasteiger partial charge in [-0.3, -0.25) is 0 Å². The smallest absolute Gasteiger partial charge is 0.0596 e. The first-order valence-electron chi connectivity index (χ1n) is 10.6. The molecule has 2 heteroatoms. The number of hydrogen-bond donors (Lipinski definition) is 1. The summed E-state index contributed by atoms with van der Waals surface area (Å²) in [6, 6.07) is 0. The first kappa shape index (κ1) is 19.2. The van der Waals surface area contributed by atoms with Gasteiger partial charge in [-0.1, -0.05) is 58.3 Å². The van der Waals surface area contributed by atoms with E-state index in [4.69, 9.17) is 4.74 Å². The largest absolute Gasteiger partial charge is 0.393 e. The summed E-state index contributed by atoms with van der Waals surface area (Å²) in [7, 11) is 0. The molecule has 0 radical (unpaired) electrons. The standard InChI is InChI=1S/C21H40O2/c1-2-3-4-5-6-10-17-23-20-15-13-19(14-16-20)21(22)18-11-8-7-9-12-18/h18-22H,2-17H2,1H3. The Kier molecular flexibility index (Phi) is 9.60. The highest BCUT2D eigenvalue weighted by atomic mass is 16.5. The van der Waals surface area contributed by atoms with Gasteiger partial charge in [-0.15, -0.1) is 0 Å². The molecule has 0 aromatic rings. The monoisotopic (exact) mass is 324 g/mol. The van der Waals surface area contributed by atoms with Crippen LogP contribution in [0.1, 0.15) is 103 Å². The molecule has 0 amide bonds. The van der Waals surface area contributed by atoms with Crippen molar-refractivity contribution in [1.29, 1.82) is 0 Å². The molecule has 0 heterocycles. The Balaban J connectivity index is 1.51. The van der Waals surface area contributed by atoms with Gasteiger partial charge < -0.3 is 9.84 Å². The second-order valence-corrected chi connectivity index (χ2v) is 8.06. The molecular weight excluding hydrogens is 284 g/mol.